The SMILES string of the molecule is CC(=O)N[C@H]1CC(C)N(CC=O)C1=O. The van der Waals surface area contributed by atoms with E-state index in [9.17, 15) is 14.4 Å². The molecule has 1 saturated heterocycles. The number of likely N-dealkylation sites (tertiary alicyclic amines) is 1. The summed E-state index contributed by atoms with van der Waals surface area (Å²) in [5.74, 6) is -0.386. The topological polar surface area (TPSA) is 66.5 Å². The molecule has 1 unspecified atom stereocenters. The van der Waals surface area contributed by atoms with E-state index >= 15 is 0 Å². The fourth-order valence-electron chi connectivity index (χ4n) is 1.70. The van der Waals surface area contributed by atoms with E-state index in [-0.39, 0.29) is 24.4 Å². The van der Waals surface area contributed by atoms with Gasteiger partial charge in [0.2, 0.25) is 11.8 Å². The lowest BCUT2D eigenvalue weighted by Crippen LogP contribution is -2.41. The van der Waals surface area contributed by atoms with Crippen LogP contribution < -0.4 is 5.32 Å². The van der Waals surface area contributed by atoms with E-state index in [0.29, 0.717) is 12.7 Å². The Balaban J connectivity index is 2.63. The van der Waals surface area contributed by atoms with Crippen LogP contribution >= 0.6 is 0 Å². The average molecular weight is 198 g/mol. The molecule has 0 spiro atoms. The van der Waals surface area contributed by atoms with Gasteiger partial charge in [0.1, 0.15) is 12.3 Å². The Morgan fingerprint density at radius 3 is 2.86 bits per heavy atom. The van der Waals surface area contributed by atoms with E-state index in [1.54, 1.807) is 0 Å². The number of rotatable bonds is 3. The first-order chi connectivity index (χ1) is 6.56. The Hall–Kier alpha value is -1.39. The first-order valence-corrected chi connectivity index (χ1v) is 4.57. The van der Waals surface area contributed by atoms with Crippen LogP contribution in [-0.4, -0.2) is 41.6 Å². The van der Waals surface area contributed by atoms with Crippen LogP contribution in [0, 0.1) is 0 Å². The summed E-state index contributed by atoms with van der Waals surface area (Å²) in [5, 5.41) is 2.56. The fraction of sp³-hybridized carbons (Fsp3) is 0.667. The van der Waals surface area contributed by atoms with Gasteiger partial charge in [0, 0.05) is 13.0 Å². The minimum atomic E-state index is -0.456. The zero-order valence-electron chi connectivity index (χ0n) is 8.32. The lowest BCUT2D eigenvalue weighted by atomic mass is 10.2. The van der Waals surface area contributed by atoms with Gasteiger partial charge >= 0.3 is 0 Å². The summed E-state index contributed by atoms with van der Waals surface area (Å²) in [6, 6.07) is -0.438. The maximum atomic E-state index is 11.6. The third-order valence-electron chi connectivity index (χ3n) is 2.34. The van der Waals surface area contributed by atoms with Crippen LogP contribution in [0.5, 0.6) is 0 Å². The van der Waals surface area contributed by atoms with Gasteiger partial charge in [-0.1, -0.05) is 0 Å². The van der Waals surface area contributed by atoms with E-state index in [2.05, 4.69) is 5.32 Å². The summed E-state index contributed by atoms with van der Waals surface area (Å²) in [6.07, 6.45) is 1.27. The van der Waals surface area contributed by atoms with Gasteiger partial charge in [-0.2, -0.15) is 0 Å². The summed E-state index contributed by atoms with van der Waals surface area (Å²) in [7, 11) is 0. The summed E-state index contributed by atoms with van der Waals surface area (Å²) >= 11 is 0. The number of aldehydes is 1. The van der Waals surface area contributed by atoms with Crippen molar-refractivity contribution in [1.29, 1.82) is 0 Å². The Labute approximate surface area is 82.4 Å². The molecule has 0 aromatic heterocycles. The molecule has 0 bridgehead atoms. The molecule has 1 N–H and O–H groups in total. The first-order valence-electron chi connectivity index (χ1n) is 4.57. The molecule has 1 rings (SSSR count). The summed E-state index contributed by atoms with van der Waals surface area (Å²) in [5.41, 5.74) is 0. The molecule has 0 radical (unpaired) electrons. The van der Waals surface area contributed by atoms with Crippen molar-refractivity contribution in [2.24, 2.45) is 0 Å². The number of amides is 2. The van der Waals surface area contributed by atoms with Crippen LogP contribution in [0.1, 0.15) is 20.3 Å². The molecule has 1 heterocycles. The Morgan fingerprint density at radius 1 is 1.71 bits per heavy atom. The second kappa shape index (κ2) is 4.21. The van der Waals surface area contributed by atoms with Gasteiger partial charge in [-0.05, 0) is 13.3 Å². The van der Waals surface area contributed by atoms with Gasteiger partial charge in [-0.3, -0.25) is 9.59 Å². The third kappa shape index (κ3) is 2.10. The highest BCUT2D eigenvalue weighted by Crippen LogP contribution is 2.17. The van der Waals surface area contributed by atoms with Crippen molar-refractivity contribution in [2.75, 3.05) is 6.54 Å². The van der Waals surface area contributed by atoms with Gasteiger partial charge in [0.25, 0.3) is 0 Å². The number of hydrogen-bond donors (Lipinski definition) is 1. The number of nitrogens with one attached hydrogen (secondary N) is 1. The minimum Gasteiger partial charge on any atom is -0.344 e. The first kappa shape index (κ1) is 10.7. The molecular weight excluding hydrogens is 184 g/mol. The summed E-state index contributed by atoms with van der Waals surface area (Å²) in [6.45, 7) is 3.35. The van der Waals surface area contributed by atoms with Crippen LogP contribution in [-0.2, 0) is 14.4 Å². The van der Waals surface area contributed by atoms with Crippen molar-refractivity contribution in [3.05, 3.63) is 0 Å². The lowest BCUT2D eigenvalue weighted by Gasteiger charge is -2.17. The van der Waals surface area contributed by atoms with Crippen molar-refractivity contribution in [3.8, 4) is 0 Å². The molecular formula is C9H14N2O3. The van der Waals surface area contributed by atoms with Gasteiger partial charge in [-0.15, -0.1) is 0 Å². The van der Waals surface area contributed by atoms with Gasteiger partial charge in [-0.25, -0.2) is 0 Å². The molecule has 0 aromatic carbocycles. The molecule has 1 aliphatic heterocycles. The highest BCUT2D eigenvalue weighted by molar-refractivity contribution is 5.89. The zero-order valence-corrected chi connectivity index (χ0v) is 8.32. The fourth-order valence-corrected chi connectivity index (χ4v) is 1.70. The van der Waals surface area contributed by atoms with Gasteiger partial charge in [0.05, 0.1) is 6.54 Å². The van der Waals surface area contributed by atoms with E-state index in [4.69, 9.17) is 0 Å². The van der Waals surface area contributed by atoms with Crippen LogP contribution in [0.25, 0.3) is 0 Å². The third-order valence-corrected chi connectivity index (χ3v) is 2.34. The zero-order chi connectivity index (χ0) is 10.7. The van der Waals surface area contributed by atoms with Crippen molar-refractivity contribution in [3.63, 3.8) is 0 Å². The summed E-state index contributed by atoms with van der Waals surface area (Å²) in [4.78, 5) is 34.1. The second-order valence-electron chi connectivity index (χ2n) is 3.50. The van der Waals surface area contributed by atoms with Crippen LogP contribution in [0.3, 0.4) is 0 Å². The molecule has 0 aliphatic carbocycles. The lowest BCUT2D eigenvalue weighted by molar-refractivity contribution is -0.134. The molecule has 14 heavy (non-hydrogen) atoms. The van der Waals surface area contributed by atoms with Crippen LogP contribution in [0.2, 0.25) is 0 Å². The molecule has 1 fully saturated rings. The Kier molecular flexibility index (Phi) is 3.22. The molecule has 0 aromatic rings. The predicted octanol–water partition coefficient (Wildman–Crippen LogP) is -0.689. The molecule has 5 nitrogen and oxygen atoms in total. The van der Waals surface area contributed by atoms with Crippen molar-refractivity contribution < 1.29 is 14.4 Å². The smallest absolute Gasteiger partial charge is 0.245 e. The average Bonchev–Trinajstić information content (AvgIpc) is 2.32. The van der Waals surface area contributed by atoms with E-state index < -0.39 is 6.04 Å². The predicted molar refractivity (Wildman–Crippen MR) is 49.5 cm³/mol. The normalized spacial score (nSPS) is 26.4. The molecule has 1 aliphatic rings. The molecule has 5 heteroatoms. The molecule has 0 saturated carbocycles. The maximum Gasteiger partial charge on any atom is 0.245 e. The standard InChI is InChI=1S/C9H14N2O3/c1-6-5-8(10-7(2)13)9(14)11(6)3-4-12/h4,6,8H,3,5H2,1-2H3,(H,10,13)/t6?,8-/m0/s1. The van der Waals surface area contributed by atoms with E-state index in [1.807, 2.05) is 6.92 Å². The quantitative estimate of drug-likeness (QED) is 0.610. The number of carbonyl (C=O) groups excluding carboxylic acids is 3. The highest BCUT2D eigenvalue weighted by atomic mass is 16.2. The highest BCUT2D eigenvalue weighted by Gasteiger charge is 2.36. The van der Waals surface area contributed by atoms with Gasteiger partial charge in [0.15, 0.2) is 0 Å². The number of nitrogens with zero attached hydrogens (tertiary/aromatic N) is 1. The number of carbonyl (C=O) groups is 3. The number of hydrogen-bond acceptors (Lipinski definition) is 3. The monoisotopic (exact) mass is 198 g/mol. The van der Waals surface area contributed by atoms with Gasteiger partial charge < -0.3 is 15.0 Å². The molecule has 2 atom stereocenters. The van der Waals surface area contributed by atoms with E-state index in [0.717, 1.165) is 0 Å². The largest absolute Gasteiger partial charge is 0.344 e. The van der Waals surface area contributed by atoms with Crippen molar-refractivity contribution in [1.82, 2.24) is 10.2 Å². The van der Waals surface area contributed by atoms with E-state index in [1.165, 1.54) is 11.8 Å². The molecule has 78 valence electrons. The minimum absolute atomic E-state index is 0.0181. The van der Waals surface area contributed by atoms with Crippen molar-refractivity contribution in [2.45, 2.75) is 32.4 Å². The van der Waals surface area contributed by atoms with Crippen LogP contribution in [0.4, 0.5) is 0 Å². The maximum absolute atomic E-state index is 11.6. The van der Waals surface area contributed by atoms with Crippen molar-refractivity contribution >= 4 is 18.1 Å². The molecule has 2 amide bonds. The second-order valence-corrected chi connectivity index (χ2v) is 3.50. The summed E-state index contributed by atoms with van der Waals surface area (Å²) < 4.78 is 0. The Bertz CT molecular complexity index is 265. The van der Waals surface area contributed by atoms with Crippen LogP contribution in [0.15, 0.2) is 0 Å². The Morgan fingerprint density at radius 2 is 2.36 bits per heavy atom.